The number of piperidine rings is 1. The molecule has 11 nitrogen and oxygen atoms in total. The molecule has 2 aliphatic rings. The number of carbonyl (C=O) groups is 5. The van der Waals surface area contributed by atoms with E-state index in [1.807, 2.05) is 0 Å². The molecule has 0 aromatic heterocycles. The second-order valence-electron chi connectivity index (χ2n) is 7.96. The summed E-state index contributed by atoms with van der Waals surface area (Å²) < 4.78 is 5.12. The first-order chi connectivity index (χ1) is 16.3. The molecule has 12 heteroatoms. The van der Waals surface area contributed by atoms with E-state index < -0.39 is 29.9 Å². The summed E-state index contributed by atoms with van der Waals surface area (Å²) in [6.45, 7) is 0.835. The van der Waals surface area contributed by atoms with E-state index in [0.29, 0.717) is 24.3 Å². The number of aliphatic carboxylic acids is 1. The molecule has 184 valence electrons. The third-order valence-electron chi connectivity index (χ3n) is 5.68. The number of ether oxygens (including phenoxy) is 1. The Hall–Kier alpha value is -3.28. The molecule has 2 fully saturated rings. The fraction of sp³-hybridized carbons (Fsp3) is 0.500. The summed E-state index contributed by atoms with van der Waals surface area (Å²) in [6.07, 6.45) is 1.21. The van der Waals surface area contributed by atoms with Gasteiger partial charge in [0.25, 0.3) is 5.91 Å². The van der Waals surface area contributed by atoms with Gasteiger partial charge in [-0.3, -0.25) is 24.0 Å². The summed E-state index contributed by atoms with van der Waals surface area (Å²) in [5, 5.41) is 14.2. The minimum atomic E-state index is -1.04. The highest BCUT2D eigenvalue weighted by Gasteiger charge is 2.38. The van der Waals surface area contributed by atoms with Crippen LogP contribution in [0.25, 0.3) is 0 Å². The van der Waals surface area contributed by atoms with E-state index in [-0.39, 0.29) is 43.0 Å². The van der Waals surface area contributed by atoms with Crippen LogP contribution in [-0.4, -0.2) is 101 Å². The first-order valence-corrected chi connectivity index (χ1v) is 12.1. The molecule has 3 rings (SSSR count). The normalized spacial score (nSPS) is 20.3. The Morgan fingerprint density at radius 2 is 1.91 bits per heavy atom. The Morgan fingerprint density at radius 3 is 2.56 bits per heavy atom. The standard InChI is InChI=1S/C22H28N4O7S/c1-33-15-6-4-14(5-7-15)22(32)25-9-10-26(18(27)12-34-13-19(28)29)17(11-25)21(31)24-16-3-2-8-23-20(16)30/h4-7,16-17H,2-3,8-13H2,1H3,(H,23,30)(H,24,31)(H,28,29). The van der Waals surface area contributed by atoms with Gasteiger partial charge in [-0.1, -0.05) is 0 Å². The van der Waals surface area contributed by atoms with Crippen molar-refractivity contribution in [1.82, 2.24) is 20.4 Å². The van der Waals surface area contributed by atoms with Crippen LogP contribution in [0.15, 0.2) is 24.3 Å². The quantitative estimate of drug-likeness (QED) is 0.443. The molecule has 4 amide bonds. The summed E-state index contributed by atoms with van der Waals surface area (Å²) in [7, 11) is 1.53. The Labute approximate surface area is 201 Å². The lowest BCUT2D eigenvalue weighted by molar-refractivity contribution is -0.142. The SMILES string of the molecule is COc1ccc(C(=O)N2CCN(C(=O)CSCC(=O)O)C(C(=O)NC3CCCNC3=O)C2)cc1. The molecule has 34 heavy (non-hydrogen) atoms. The van der Waals surface area contributed by atoms with Crippen molar-refractivity contribution in [3.63, 3.8) is 0 Å². The van der Waals surface area contributed by atoms with Gasteiger partial charge < -0.3 is 30.3 Å². The number of benzene rings is 1. The average Bonchev–Trinajstić information content (AvgIpc) is 2.84. The molecule has 1 aromatic rings. The van der Waals surface area contributed by atoms with Gasteiger partial charge in [0, 0.05) is 25.2 Å². The van der Waals surface area contributed by atoms with E-state index >= 15 is 0 Å². The zero-order valence-corrected chi connectivity index (χ0v) is 19.6. The van der Waals surface area contributed by atoms with Crippen molar-refractivity contribution in [1.29, 1.82) is 0 Å². The summed E-state index contributed by atoms with van der Waals surface area (Å²) in [5.41, 5.74) is 0.420. The molecule has 2 atom stereocenters. The van der Waals surface area contributed by atoms with Crippen molar-refractivity contribution in [2.45, 2.75) is 24.9 Å². The van der Waals surface area contributed by atoms with E-state index in [1.54, 1.807) is 24.3 Å². The largest absolute Gasteiger partial charge is 0.497 e. The van der Waals surface area contributed by atoms with Gasteiger partial charge in [-0.05, 0) is 37.1 Å². The number of carbonyl (C=O) groups excluding carboxylic acids is 4. The summed E-state index contributed by atoms with van der Waals surface area (Å²) in [4.78, 5) is 64.8. The number of piperazine rings is 1. The van der Waals surface area contributed by atoms with Gasteiger partial charge in [0.1, 0.15) is 17.8 Å². The fourth-order valence-corrected chi connectivity index (χ4v) is 4.51. The van der Waals surface area contributed by atoms with Crippen LogP contribution in [0.4, 0.5) is 0 Å². The van der Waals surface area contributed by atoms with E-state index in [1.165, 1.54) is 16.9 Å². The van der Waals surface area contributed by atoms with Crippen molar-refractivity contribution in [2.24, 2.45) is 0 Å². The van der Waals surface area contributed by atoms with Gasteiger partial charge in [-0.25, -0.2) is 0 Å². The summed E-state index contributed by atoms with van der Waals surface area (Å²) in [5.74, 6) is -2.26. The Balaban J connectivity index is 1.74. The van der Waals surface area contributed by atoms with E-state index in [0.717, 1.165) is 18.2 Å². The van der Waals surface area contributed by atoms with Crippen LogP contribution in [0.3, 0.4) is 0 Å². The lowest BCUT2D eigenvalue weighted by Crippen LogP contribution is -2.64. The zero-order valence-electron chi connectivity index (χ0n) is 18.8. The van der Waals surface area contributed by atoms with Crippen molar-refractivity contribution in [2.75, 3.05) is 44.8 Å². The fourth-order valence-electron chi connectivity index (χ4n) is 3.89. The highest BCUT2D eigenvalue weighted by Crippen LogP contribution is 2.18. The van der Waals surface area contributed by atoms with Crippen molar-refractivity contribution < 1.29 is 33.8 Å². The highest BCUT2D eigenvalue weighted by atomic mass is 32.2. The number of methoxy groups -OCH3 is 1. The molecule has 0 bridgehead atoms. The van der Waals surface area contributed by atoms with Crippen LogP contribution in [0, 0.1) is 0 Å². The number of rotatable bonds is 8. The Kier molecular flexibility index (Phi) is 8.74. The van der Waals surface area contributed by atoms with Crippen LogP contribution >= 0.6 is 11.8 Å². The van der Waals surface area contributed by atoms with Crippen molar-refractivity contribution in [3.8, 4) is 5.75 Å². The topological polar surface area (TPSA) is 145 Å². The third-order valence-corrected chi connectivity index (χ3v) is 6.58. The molecule has 2 heterocycles. The minimum Gasteiger partial charge on any atom is -0.497 e. The number of nitrogens with one attached hydrogen (secondary N) is 2. The molecule has 0 saturated carbocycles. The monoisotopic (exact) mass is 492 g/mol. The number of hydrogen-bond donors (Lipinski definition) is 3. The third kappa shape index (κ3) is 6.40. The van der Waals surface area contributed by atoms with Crippen molar-refractivity contribution in [3.05, 3.63) is 29.8 Å². The maximum atomic E-state index is 13.2. The summed E-state index contributed by atoms with van der Waals surface area (Å²) >= 11 is 0.941. The van der Waals surface area contributed by atoms with Gasteiger partial charge in [0.05, 0.1) is 25.2 Å². The number of hydrogen-bond acceptors (Lipinski definition) is 7. The molecule has 0 spiro atoms. The maximum Gasteiger partial charge on any atom is 0.313 e. The second kappa shape index (κ2) is 11.7. The number of amides is 4. The molecule has 0 radical (unpaired) electrons. The Morgan fingerprint density at radius 1 is 1.18 bits per heavy atom. The molecule has 2 unspecified atom stereocenters. The van der Waals surface area contributed by atoms with Crippen LogP contribution in [0.1, 0.15) is 23.2 Å². The smallest absolute Gasteiger partial charge is 0.313 e. The van der Waals surface area contributed by atoms with Gasteiger partial charge in [-0.15, -0.1) is 11.8 Å². The van der Waals surface area contributed by atoms with Crippen LogP contribution in [-0.2, 0) is 19.2 Å². The van der Waals surface area contributed by atoms with Gasteiger partial charge in [0.2, 0.25) is 17.7 Å². The van der Waals surface area contributed by atoms with Crippen molar-refractivity contribution >= 4 is 41.4 Å². The average molecular weight is 493 g/mol. The van der Waals surface area contributed by atoms with Crippen LogP contribution in [0.5, 0.6) is 5.75 Å². The summed E-state index contributed by atoms with van der Waals surface area (Å²) in [6, 6.07) is 4.89. The molecular weight excluding hydrogens is 464 g/mol. The molecule has 3 N–H and O–H groups in total. The van der Waals surface area contributed by atoms with E-state index in [4.69, 9.17) is 9.84 Å². The van der Waals surface area contributed by atoms with Gasteiger partial charge >= 0.3 is 5.97 Å². The predicted octanol–water partition coefficient (Wildman–Crippen LogP) is -0.439. The molecule has 0 aliphatic carbocycles. The minimum absolute atomic E-state index is 0.0413. The zero-order chi connectivity index (χ0) is 24.7. The first-order valence-electron chi connectivity index (χ1n) is 10.9. The first kappa shape index (κ1) is 25.3. The lowest BCUT2D eigenvalue weighted by atomic mass is 10.0. The molecular formula is C22H28N4O7S. The van der Waals surface area contributed by atoms with E-state index in [9.17, 15) is 24.0 Å². The van der Waals surface area contributed by atoms with E-state index in [2.05, 4.69) is 10.6 Å². The number of carboxylic acid groups (broad SMARTS) is 1. The molecule has 2 saturated heterocycles. The molecule has 2 aliphatic heterocycles. The number of thioether (sulfide) groups is 1. The number of carboxylic acids is 1. The maximum absolute atomic E-state index is 13.2. The highest BCUT2D eigenvalue weighted by molar-refractivity contribution is 8.00. The van der Waals surface area contributed by atoms with Gasteiger partial charge in [0.15, 0.2) is 0 Å². The Bertz CT molecular complexity index is 940. The predicted molar refractivity (Wildman–Crippen MR) is 124 cm³/mol. The number of nitrogens with zero attached hydrogens (tertiary/aromatic N) is 2. The van der Waals surface area contributed by atoms with Crippen LogP contribution < -0.4 is 15.4 Å². The molecule has 1 aromatic carbocycles. The lowest BCUT2D eigenvalue weighted by Gasteiger charge is -2.41. The van der Waals surface area contributed by atoms with Crippen LogP contribution in [0.2, 0.25) is 0 Å². The second-order valence-corrected chi connectivity index (χ2v) is 8.95. The van der Waals surface area contributed by atoms with Gasteiger partial charge in [-0.2, -0.15) is 0 Å².